The molecule has 0 spiro atoms. The van der Waals surface area contributed by atoms with Crippen molar-refractivity contribution in [3.63, 3.8) is 0 Å². The monoisotopic (exact) mass is 320 g/mol. The zero-order valence-corrected chi connectivity index (χ0v) is 12.7. The van der Waals surface area contributed by atoms with Crippen LogP contribution in [0.25, 0.3) is 11.0 Å². The lowest BCUT2D eigenvalue weighted by molar-refractivity contribution is 0.0693. The van der Waals surface area contributed by atoms with Crippen molar-refractivity contribution < 1.29 is 14.4 Å². The molecule has 0 fully saturated rings. The molecule has 2 aromatic carbocycles. The number of benzene rings is 2. The maximum atomic E-state index is 12.5. The molecule has 0 atom stereocenters. The number of imide groups is 1. The van der Waals surface area contributed by atoms with Crippen molar-refractivity contribution in [2.45, 2.75) is 0 Å². The standard InChI is InChI=1S/C17H12N4O3/c1-21-16(23)10-3-2-4-12(14(10)17(21)24)20-15(22)9-5-6-11-13(7-9)19-8-18-11/h2-8H,1H3,(H,18,19)(H,20,22). The fourth-order valence-electron chi connectivity index (χ4n) is 2.78. The summed E-state index contributed by atoms with van der Waals surface area (Å²) in [5.41, 5.74) is 2.77. The van der Waals surface area contributed by atoms with Gasteiger partial charge in [0.1, 0.15) is 0 Å². The van der Waals surface area contributed by atoms with E-state index in [1.54, 1.807) is 42.7 Å². The Bertz CT molecular complexity index is 1020. The van der Waals surface area contributed by atoms with Crippen LogP contribution < -0.4 is 5.32 Å². The highest BCUT2D eigenvalue weighted by Gasteiger charge is 2.35. The van der Waals surface area contributed by atoms with E-state index in [1.807, 2.05) is 0 Å². The number of aromatic nitrogens is 2. The van der Waals surface area contributed by atoms with Crippen LogP contribution in [-0.4, -0.2) is 39.6 Å². The van der Waals surface area contributed by atoms with Crippen LogP contribution in [0.5, 0.6) is 0 Å². The SMILES string of the molecule is CN1C(=O)c2cccc(NC(=O)c3ccc4nc[nH]c4c3)c2C1=O. The molecular weight excluding hydrogens is 308 g/mol. The van der Waals surface area contributed by atoms with E-state index in [-0.39, 0.29) is 17.4 Å². The molecule has 2 heterocycles. The number of carbonyl (C=O) groups excluding carboxylic acids is 3. The molecule has 0 bridgehead atoms. The summed E-state index contributed by atoms with van der Waals surface area (Å²) in [7, 11) is 1.42. The largest absolute Gasteiger partial charge is 0.345 e. The molecule has 2 N–H and O–H groups in total. The maximum Gasteiger partial charge on any atom is 0.263 e. The number of hydrogen-bond acceptors (Lipinski definition) is 4. The van der Waals surface area contributed by atoms with Gasteiger partial charge in [0.25, 0.3) is 17.7 Å². The summed E-state index contributed by atoms with van der Waals surface area (Å²) in [5, 5.41) is 2.71. The molecular formula is C17H12N4O3. The van der Waals surface area contributed by atoms with Gasteiger partial charge in [0.15, 0.2) is 0 Å². The Labute approximate surface area is 136 Å². The van der Waals surface area contributed by atoms with Gasteiger partial charge in [-0.25, -0.2) is 4.98 Å². The number of hydrogen-bond donors (Lipinski definition) is 2. The zero-order valence-electron chi connectivity index (χ0n) is 12.7. The van der Waals surface area contributed by atoms with Crippen LogP contribution in [0.1, 0.15) is 31.1 Å². The zero-order chi connectivity index (χ0) is 16.8. The summed E-state index contributed by atoms with van der Waals surface area (Å²) in [5.74, 6) is -1.16. The second-order valence-corrected chi connectivity index (χ2v) is 5.49. The number of nitrogens with one attached hydrogen (secondary N) is 2. The Kier molecular flexibility index (Phi) is 2.96. The predicted octanol–water partition coefficient (Wildman–Crippen LogP) is 2.04. The van der Waals surface area contributed by atoms with Crippen LogP contribution >= 0.6 is 0 Å². The minimum absolute atomic E-state index is 0.223. The average molecular weight is 320 g/mol. The van der Waals surface area contributed by atoms with Crippen LogP contribution in [0.3, 0.4) is 0 Å². The second-order valence-electron chi connectivity index (χ2n) is 5.49. The Balaban J connectivity index is 1.70. The van der Waals surface area contributed by atoms with E-state index in [0.717, 1.165) is 15.9 Å². The first-order valence-electron chi connectivity index (χ1n) is 7.26. The highest BCUT2D eigenvalue weighted by molar-refractivity contribution is 6.24. The lowest BCUT2D eigenvalue weighted by Gasteiger charge is -2.09. The molecule has 1 aliphatic rings. The number of anilines is 1. The Morgan fingerprint density at radius 1 is 1.17 bits per heavy atom. The van der Waals surface area contributed by atoms with Crippen LogP contribution in [0.15, 0.2) is 42.7 Å². The van der Waals surface area contributed by atoms with Gasteiger partial charge in [0.2, 0.25) is 0 Å². The number of H-pyrrole nitrogens is 1. The summed E-state index contributed by atoms with van der Waals surface area (Å²) < 4.78 is 0. The molecule has 3 aromatic rings. The van der Waals surface area contributed by atoms with Crippen molar-refractivity contribution in [2.75, 3.05) is 12.4 Å². The average Bonchev–Trinajstić information content (AvgIpc) is 3.14. The van der Waals surface area contributed by atoms with Crippen LogP contribution in [0, 0.1) is 0 Å². The number of fused-ring (bicyclic) bond motifs is 2. The summed E-state index contributed by atoms with van der Waals surface area (Å²) in [6.07, 6.45) is 1.55. The van der Waals surface area contributed by atoms with Crippen molar-refractivity contribution in [1.29, 1.82) is 0 Å². The van der Waals surface area contributed by atoms with E-state index in [0.29, 0.717) is 16.8 Å². The maximum absolute atomic E-state index is 12.5. The molecule has 3 amide bonds. The molecule has 0 saturated carbocycles. The molecule has 0 radical (unpaired) electrons. The lowest BCUT2D eigenvalue weighted by atomic mass is 10.1. The summed E-state index contributed by atoms with van der Waals surface area (Å²) in [4.78, 5) is 44.8. The smallest absolute Gasteiger partial charge is 0.263 e. The molecule has 7 heteroatoms. The molecule has 0 unspecified atom stereocenters. The Morgan fingerprint density at radius 3 is 2.83 bits per heavy atom. The highest BCUT2D eigenvalue weighted by atomic mass is 16.2. The molecule has 24 heavy (non-hydrogen) atoms. The van der Waals surface area contributed by atoms with Gasteiger partial charge in [0, 0.05) is 12.6 Å². The van der Waals surface area contributed by atoms with Crippen LogP contribution in [-0.2, 0) is 0 Å². The fourth-order valence-corrected chi connectivity index (χ4v) is 2.78. The number of aromatic amines is 1. The number of nitrogens with zero attached hydrogens (tertiary/aromatic N) is 2. The van der Waals surface area contributed by atoms with Gasteiger partial charge in [-0.15, -0.1) is 0 Å². The van der Waals surface area contributed by atoms with Gasteiger partial charge < -0.3 is 10.3 Å². The van der Waals surface area contributed by atoms with E-state index in [2.05, 4.69) is 15.3 Å². The normalized spacial score (nSPS) is 13.5. The third-order valence-electron chi connectivity index (χ3n) is 4.05. The Morgan fingerprint density at radius 2 is 2.00 bits per heavy atom. The highest BCUT2D eigenvalue weighted by Crippen LogP contribution is 2.28. The van der Waals surface area contributed by atoms with Crippen molar-refractivity contribution in [3.8, 4) is 0 Å². The van der Waals surface area contributed by atoms with E-state index in [1.165, 1.54) is 7.05 Å². The van der Waals surface area contributed by atoms with Gasteiger partial charge in [-0.1, -0.05) is 6.07 Å². The number of amides is 3. The summed E-state index contributed by atoms with van der Waals surface area (Å²) in [6, 6.07) is 9.89. The topological polar surface area (TPSA) is 95.2 Å². The van der Waals surface area contributed by atoms with Gasteiger partial charge in [-0.2, -0.15) is 0 Å². The number of carbonyl (C=O) groups is 3. The Hall–Kier alpha value is -3.48. The molecule has 118 valence electrons. The molecule has 1 aliphatic heterocycles. The van der Waals surface area contributed by atoms with Crippen molar-refractivity contribution in [2.24, 2.45) is 0 Å². The van der Waals surface area contributed by atoms with Crippen molar-refractivity contribution >= 4 is 34.4 Å². The molecule has 4 rings (SSSR count). The molecule has 1 aromatic heterocycles. The summed E-state index contributed by atoms with van der Waals surface area (Å²) >= 11 is 0. The fraction of sp³-hybridized carbons (Fsp3) is 0.0588. The summed E-state index contributed by atoms with van der Waals surface area (Å²) in [6.45, 7) is 0. The van der Waals surface area contributed by atoms with Crippen LogP contribution in [0.4, 0.5) is 5.69 Å². The molecule has 0 saturated heterocycles. The molecule has 0 aliphatic carbocycles. The van der Waals surface area contributed by atoms with Gasteiger partial charge in [-0.3, -0.25) is 19.3 Å². The van der Waals surface area contributed by atoms with E-state index in [4.69, 9.17) is 0 Å². The second kappa shape index (κ2) is 5.02. The van der Waals surface area contributed by atoms with Gasteiger partial charge in [0.05, 0.1) is 34.2 Å². The lowest BCUT2D eigenvalue weighted by Crippen LogP contribution is -2.24. The van der Waals surface area contributed by atoms with E-state index >= 15 is 0 Å². The first kappa shape index (κ1) is 14.1. The quantitative estimate of drug-likeness (QED) is 0.706. The minimum Gasteiger partial charge on any atom is -0.345 e. The van der Waals surface area contributed by atoms with Crippen LogP contribution in [0.2, 0.25) is 0 Å². The first-order chi connectivity index (χ1) is 11.6. The number of imidazole rings is 1. The van der Waals surface area contributed by atoms with Crippen molar-refractivity contribution in [1.82, 2.24) is 14.9 Å². The number of rotatable bonds is 2. The van der Waals surface area contributed by atoms with Gasteiger partial charge >= 0.3 is 0 Å². The predicted molar refractivity (Wildman–Crippen MR) is 86.9 cm³/mol. The third-order valence-corrected chi connectivity index (χ3v) is 4.05. The van der Waals surface area contributed by atoms with Gasteiger partial charge in [-0.05, 0) is 30.3 Å². The third kappa shape index (κ3) is 1.98. The van der Waals surface area contributed by atoms with E-state index < -0.39 is 5.91 Å². The molecule has 7 nitrogen and oxygen atoms in total. The van der Waals surface area contributed by atoms with E-state index in [9.17, 15) is 14.4 Å². The first-order valence-corrected chi connectivity index (χ1v) is 7.26. The van der Waals surface area contributed by atoms with Crippen molar-refractivity contribution in [3.05, 3.63) is 59.4 Å². The minimum atomic E-state index is -0.421.